The van der Waals surface area contributed by atoms with Gasteiger partial charge in [0.25, 0.3) is 5.91 Å². The van der Waals surface area contributed by atoms with Crippen LogP contribution in [-0.2, 0) is 11.2 Å². The van der Waals surface area contributed by atoms with E-state index < -0.39 is 5.97 Å². The summed E-state index contributed by atoms with van der Waals surface area (Å²) < 4.78 is 16.8. The minimum absolute atomic E-state index is 0.0192. The molecule has 0 spiro atoms. The van der Waals surface area contributed by atoms with Crippen molar-refractivity contribution in [3.8, 4) is 17.2 Å². The first-order valence-electron chi connectivity index (χ1n) is 14.3. The van der Waals surface area contributed by atoms with E-state index in [1.165, 1.54) is 11.3 Å². The third-order valence-corrected chi connectivity index (χ3v) is 8.05. The maximum atomic E-state index is 13.9. The molecule has 0 aliphatic carbocycles. The van der Waals surface area contributed by atoms with E-state index in [9.17, 15) is 9.59 Å². The summed E-state index contributed by atoms with van der Waals surface area (Å²) in [7, 11) is 3.16. The summed E-state index contributed by atoms with van der Waals surface area (Å²) in [5, 5.41) is 8.83. The lowest BCUT2D eigenvalue weighted by Crippen LogP contribution is -2.47. The molecular formula is C33H38N2O6. The maximum Gasteiger partial charge on any atom is 0.303 e. The van der Waals surface area contributed by atoms with Crippen molar-refractivity contribution in [3.05, 3.63) is 77.4 Å². The SMILES string of the molecule is COc1ccc(C(=O)N2c3ccccc3C(N3CCCc4cc(OCCCCC(=O)O)ccc43)CC2C)cc1OC. The third kappa shape index (κ3) is 5.97. The molecule has 216 valence electrons. The molecule has 5 rings (SSSR count). The van der Waals surface area contributed by atoms with Gasteiger partial charge in [0, 0.05) is 35.9 Å². The number of nitrogens with zero attached hydrogens (tertiary/aromatic N) is 2. The van der Waals surface area contributed by atoms with Gasteiger partial charge in [-0.1, -0.05) is 18.2 Å². The first-order valence-corrected chi connectivity index (χ1v) is 14.3. The minimum atomic E-state index is -0.772. The summed E-state index contributed by atoms with van der Waals surface area (Å²) in [5.41, 5.74) is 5.10. The lowest BCUT2D eigenvalue weighted by atomic mass is 9.87. The van der Waals surface area contributed by atoms with Gasteiger partial charge in [0.15, 0.2) is 11.5 Å². The highest BCUT2D eigenvalue weighted by atomic mass is 16.5. The lowest BCUT2D eigenvalue weighted by molar-refractivity contribution is -0.137. The molecule has 2 atom stereocenters. The Hall–Kier alpha value is -4.20. The fraction of sp³-hybridized carbons (Fsp3) is 0.394. The molecule has 0 aromatic heterocycles. The van der Waals surface area contributed by atoms with Gasteiger partial charge in [-0.05, 0) is 92.6 Å². The molecule has 0 saturated heterocycles. The van der Waals surface area contributed by atoms with Crippen molar-refractivity contribution in [2.45, 2.75) is 57.5 Å². The Morgan fingerprint density at radius 3 is 2.54 bits per heavy atom. The summed E-state index contributed by atoms with van der Waals surface area (Å²) in [5.74, 6) is 1.11. The zero-order valence-electron chi connectivity index (χ0n) is 24.0. The molecule has 3 aromatic rings. The van der Waals surface area contributed by atoms with Gasteiger partial charge in [0.1, 0.15) is 5.75 Å². The largest absolute Gasteiger partial charge is 0.494 e. The second-order valence-corrected chi connectivity index (χ2v) is 10.7. The number of hydrogen-bond acceptors (Lipinski definition) is 6. The third-order valence-electron chi connectivity index (χ3n) is 8.05. The van der Waals surface area contributed by atoms with Gasteiger partial charge in [0.05, 0.1) is 26.9 Å². The Labute approximate surface area is 241 Å². The van der Waals surface area contributed by atoms with Crippen LogP contribution in [0.3, 0.4) is 0 Å². The average Bonchev–Trinajstić information content (AvgIpc) is 2.99. The Morgan fingerprint density at radius 2 is 1.76 bits per heavy atom. The number of benzene rings is 3. The fourth-order valence-electron chi connectivity index (χ4n) is 6.08. The molecule has 3 aromatic carbocycles. The van der Waals surface area contributed by atoms with Crippen LogP contribution in [0.25, 0.3) is 0 Å². The van der Waals surface area contributed by atoms with Crippen molar-refractivity contribution >= 4 is 23.3 Å². The van der Waals surface area contributed by atoms with Gasteiger partial charge in [0.2, 0.25) is 0 Å². The number of fused-ring (bicyclic) bond motifs is 2. The number of carboxylic acid groups (broad SMARTS) is 1. The number of rotatable bonds is 10. The van der Waals surface area contributed by atoms with Crippen molar-refractivity contribution < 1.29 is 28.9 Å². The van der Waals surface area contributed by atoms with Crippen LogP contribution in [0.5, 0.6) is 17.2 Å². The van der Waals surface area contributed by atoms with Crippen LogP contribution in [0.2, 0.25) is 0 Å². The Balaban J connectivity index is 1.38. The molecule has 0 radical (unpaired) electrons. The molecule has 41 heavy (non-hydrogen) atoms. The number of carbonyl (C=O) groups is 2. The Kier molecular flexibility index (Phi) is 8.67. The van der Waals surface area contributed by atoms with E-state index in [4.69, 9.17) is 19.3 Å². The van der Waals surface area contributed by atoms with Crippen LogP contribution >= 0.6 is 0 Å². The van der Waals surface area contributed by atoms with E-state index in [1.54, 1.807) is 32.4 Å². The van der Waals surface area contributed by atoms with Crippen LogP contribution < -0.4 is 24.0 Å². The predicted molar refractivity (Wildman–Crippen MR) is 159 cm³/mol. The first-order chi connectivity index (χ1) is 19.9. The second kappa shape index (κ2) is 12.5. The van der Waals surface area contributed by atoms with Crippen molar-refractivity contribution in [2.24, 2.45) is 0 Å². The number of methoxy groups -OCH3 is 2. The molecule has 2 aliphatic heterocycles. The summed E-state index contributed by atoms with van der Waals surface area (Å²) >= 11 is 0. The zero-order valence-corrected chi connectivity index (χ0v) is 24.0. The molecular weight excluding hydrogens is 520 g/mol. The van der Waals surface area contributed by atoms with Crippen molar-refractivity contribution in [1.29, 1.82) is 0 Å². The van der Waals surface area contributed by atoms with Crippen molar-refractivity contribution in [3.63, 3.8) is 0 Å². The second-order valence-electron chi connectivity index (χ2n) is 10.7. The van der Waals surface area contributed by atoms with Gasteiger partial charge in [-0.25, -0.2) is 0 Å². The van der Waals surface area contributed by atoms with E-state index in [1.807, 2.05) is 29.2 Å². The summed E-state index contributed by atoms with van der Waals surface area (Å²) in [6.45, 7) is 3.57. The first kappa shape index (κ1) is 28.3. The van der Waals surface area contributed by atoms with Gasteiger partial charge in [-0.15, -0.1) is 0 Å². The maximum absolute atomic E-state index is 13.9. The molecule has 2 heterocycles. The molecule has 8 heteroatoms. The zero-order chi connectivity index (χ0) is 28.9. The molecule has 8 nitrogen and oxygen atoms in total. The average molecular weight is 559 g/mol. The molecule has 1 amide bonds. The van der Waals surface area contributed by atoms with E-state index >= 15 is 0 Å². The number of carbonyl (C=O) groups excluding carboxylic acids is 1. The van der Waals surface area contributed by atoms with Crippen LogP contribution in [0, 0.1) is 0 Å². The lowest BCUT2D eigenvalue weighted by Gasteiger charge is -2.46. The normalized spacial score (nSPS) is 17.8. The Bertz CT molecular complexity index is 1410. The monoisotopic (exact) mass is 558 g/mol. The predicted octanol–water partition coefficient (Wildman–Crippen LogP) is 6.27. The topological polar surface area (TPSA) is 88.5 Å². The minimum Gasteiger partial charge on any atom is -0.494 e. The van der Waals surface area contributed by atoms with Gasteiger partial charge in [-0.3, -0.25) is 9.59 Å². The Morgan fingerprint density at radius 1 is 0.951 bits per heavy atom. The number of carboxylic acids is 1. The number of aryl methyl sites for hydroxylation is 1. The highest BCUT2D eigenvalue weighted by Crippen LogP contribution is 2.45. The van der Waals surface area contributed by atoms with Crippen LogP contribution in [0.15, 0.2) is 60.7 Å². The smallest absolute Gasteiger partial charge is 0.303 e. The number of aliphatic carboxylic acids is 1. The highest BCUT2D eigenvalue weighted by molar-refractivity contribution is 6.07. The number of unbranched alkanes of at least 4 members (excludes halogenated alkanes) is 1. The van der Waals surface area contributed by atoms with Crippen molar-refractivity contribution in [1.82, 2.24) is 0 Å². The molecule has 0 bridgehead atoms. The van der Waals surface area contributed by atoms with Gasteiger partial charge >= 0.3 is 5.97 Å². The van der Waals surface area contributed by atoms with Crippen LogP contribution in [0.4, 0.5) is 11.4 Å². The van der Waals surface area contributed by atoms with E-state index in [-0.39, 0.29) is 24.4 Å². The highest BCUT2D eigenvalue weighted by Gasteiger charge is 2.38. The number of ether oxygens (including phenoxy) is 3. The van der Waals surface area contributed by atoms with Crippen LogP contribution in [0.1, 0.15) is 66.6 Å². The summed E-state index contributed by atoms with van der Waals surface area (Å²) in [6, 6.07) is 19.9. The standard InChI is InChI=1S/C33H38N2O6/c1-22-19-29(34-17-8-9-23-20-25(14-15-27(23)34)41-18-7-6-12-32(36)37)26-10-4-5-11-28(26)35(22)33(38)24-13-16-30(39-2)31(21-24)40-3/h4-5,10-11,13-16,20-22,29H,6-9,12,17-19H2,1-3H3,(H,36,37). The molecule has 0 fully saturated rings. The number of hydrogen-bond donors (Lipinski definition) is 1. The summed E-state index contributed by atoms with van der Waals surface area (Å²) in [6.07, 6.45) is 4.31. The molecule has 1 N–H and O–H groups in total. The van der Waals surface area contributed by atoms with E-state index in [0.717, 1.165) is 42.8 Å². The quantitative estimate of drug-likeness (QED) is 0.293. The molecule has 2 aliphatic rings. The molecule has 0 saturated carbocycles. The molecule has 2 unspecified atom stereocenters. The number of para-hydroxylation sites is 1. The number of amides is 1. The van der Waals surface area contributed by atoms with Crippen LogP contribution in [-0.4, -0.2) is 50.4 Å². The summed E-state index contributed by atoms with van der Waals surface area (Å²) in [4.78, 5) is 29.0. The van der Waals surface area contributed by atoms with Gasteiger partial charge in [-0.2, -0.15) is 0 Å². The van der Waals surface area contributed by atoms with Crippen molar-refractivity contribution in [2.75, 3.05) is 37.2 Å². The van der Waals surface area contributed by atoms with E-state index in [0.29, 0.717) is 36.5 Å². The van der Waals surface area contributed by atoms with Gasteiger partial charge < -0.3 is 29.1 Å². The fourth-order valence-corrected chi connectivity index (χ4v) is 6.08. The van der Waals surface area contributed by atoms with E-state index in [2.05, 4.69) is 30.0 Å². The number of anilines is 2.